The number of sulfonamides is 1. The molecule has 1 aromatic carbocycles. The number of ether oxygens (including phenoxy) is 1. The molecule has 1 amide bonds. The highest BCUT2D eigenvalue weighted by Crippen LogP contribution is 2.27. The van der Waals surface area contributed by atoms with Crippen molar-refractivity contribution in [3.8, 4) is 5.75 Å². The normalized spacial score (nSPS) is 11.5. The summed E-state index contributed by atoms with van der Waals surface area (Å²) in [5, 5.41) is 2.87. The molecule has 0 saturated carbocycles. The molecule has 0 aromatic heterocycles. The largest absolute Gasteiger partial charge is 0.482 e. The lowest BCUT2D eigenvalue weighted by molar-refractivity contribution is -0.123. The summed E-state index contributed by atoms with van der Waals surface area (Å²) in [6, 6.07) is 4.17. The van der Waals surface area contributed by atoms with Crippen molar-refractivity contribution >= 4 is 27.5 Å². The SMILES string of the molecule is CCCCNC(=O)COc1ccc(S(=O)(=O)NCC(C)C)cc1Cl. The molecule has 0 aliphatic carbocycles. The highest BCUT2D eigenvalue weighted by Gasteiger charge is 2.16. The minimum atomic E-state index is -3.61. The van der Waals surface area contributed by atoms with E-state index in [4.69, 9.17) is 16.3 Å². The second-order valence-electron chi connectivity index (χ2n) is 5.83. The molecular formula is C16H25ClN2O4S. The first-order valence-electron chi connectivity index (χ1n) is 7.95. The fourth-order valence-corrected chi connectivity index (χ4v) is 3.26. The lowest BCUT2D eigenvalue weighted by Gasteiger charge is -2.12. The van der Waals surface area contributed by atoms with Crippen molar-refractivity contribution in [3.05, 3.63) is 23.2 Å². The van der Waals surface area contributed by atoms with Gasteiger partial charge in [-0.1, -0.05) is 38.8 Å². The lowest BCUT2D eigenvalue weighted by Crippen LogP contribution is -2.29. The fourth-order valence-electron chi connectivity index (χ4n) is 1.72. The predicted octanol–water partition coefficient (Wildman–Crippen LogP) is 2.57. The molecule has 2 N–H and O–H groups in total. The number of halogens is 1. The Morgan fingerprint density at radius 3 is 2.62 bits per heavy atom. The minimum Gasteiger partial charge on any atom is -0.482 e. The molecule has 1 rings (SSSR count). The summed E-state index contributed by atoms with van der Waals surface area (Å²) in [5.74, 6) is 0.226. The van der Waals surface area contributed by atoms with Crippen molar-refractivity contribution in [2.75, 3.05) is 19.7 Å². The maximum absolute atomic E-state index is 12.1. The van der Waals surface area contributed by atoms with Crippen LogP contribution in [0, 0.1) is 5.92 Å². The molecule has 136 valence electrons. The van der Waals surface area contributed by atoms with E-state index >= 15 is 0 Å². The Kier molecular flexibility index (Phi) is 8.52. The van der Waals surface area contributed by atoms with Gasteiger partial charge in [0, 0.05) is 13.1 Å². The fraction of sp³-hybridized carbons (Fsp3) is 0.562. The minimum absolute atomic E-state index is 0.0629. The third-order valence-corrected chi connectivity index (χ3v) is 4.82. The van der Waals surface area contributed by atoms with Gasteiger partial charge in [0.15, 0.2) is 6.61 Å². The molecule has 0 saturated heterocycles. The van der Waals surface area contributed by atoms with E-state index in [9.17, 15) is 13.2 Å². The highest BCUT2D eigenvalue weighted by molar-refractivity contribution is 7.89. The van der Waals surface area contributed by atoms with Crippen molar-refractivity contribution < 1.29 is 17.9 Å². The van der Waals surface area contributed by atoms with Crippen LogP contribution < -0.4 is 14.8 Å². The molecule has 8 heteroatoms. The van der Waals surface area contributed by atoms with E-state index in [1.807, 2.05) is 20.8 Å². The van der Waals surface area contributed by atoms with Crippen molar-refractivity contribution in [2.24, 2.45) is 5.92 Å². The maximum Gasteiger partial charge on any atom is 0.257 e. The Bertz CT molecular complexity index is 647. The van der Waals surface area contributed by atoms with Crippen LogP contribution in [0.15, 0.2) is 23.1 Å². The van der Waals surface area contributed by atoms with E-state index < -0.39 is 10.0 Å². The third-order valence-electron chi connectivity index (χ3n) is 3.11. The van der Waals surface area contributed by atoms with Crippen LogP contribution in [-0.4, -0.2) is 34.0 Å². The van der Waals surface area contributed by atoms with Crippen molar-refractivity contribution in [1.82, 2.24) is 10.0 Å². The van der Waals surface area contributed by atoms with Crippen molar-refractivity contribution in [2.45, 2.75) is 38.5 Å². The molecule has 0 bridgehead atoms. The standard InChI is InChI=1S/C16H25ClN2O4S/c1-4-5-8-18-16(20)11-23-15-7-6-13(9-14(15)17)24(21,22)19-10-12(2)3/h6-7,9,12,19H,4-5,8,10-11H2,1-3H3,(H,18,20). The molecule has 0 fully saturated rings. The molecule has 0 aliphatic heterocycles. The molecule has 0 heterocycles. The van der Waals surface area contributed by atoms with Gasteiger partial charge in [-0.3, -0.25) is 4.79 Å². The number of hydrogen-bond acceptors (Lipinski definition) is 4. The molecule has 0 atom stereocenters. The molecule has 0 radical (unpaired) electrons. The molecule has 0 unspecified atom stereocenters. The zero-order valence-corrected chi connectivity index (χ0v) is 15.8. The van der Waals surface area contributed by atoms with Gasteiger partial charge in [-0.2, -0.15) is 0 Å². The van der Waals surface area contributed by atoms with E-state index in [0.29, 0.717) is 13.1 Å². The van der Waals surface area contributed by atoms with Gasteiger partial charge in [0.1, 0.15) is 5.75 Å². The van der Waals surface area contributed by atoms with Gasteiger partial charge in [0.25, 0.3) is 5.91 Å². The van der Waals surface area contributed by atoms with Gasteiger partial charge >= 0.3 is 0 Å². The summed E-state index contributed by atoms with van der Waals surface area (Å²) < 4.78 is 32.1. The summed E-state index contributed by atoms with van der Waals surface area (Å²) in [4.78, 5) is 11.7. The molecule has 0 aliphatic rings. The number of unbranched alkanes of at least 4 members (excludes halogenated alkanes) is 1. The first-order chi connectivity index (χ1) is 11.3. The number of benzene rings is 1. The third kappa shape index (κ3) is 7.07. The number of hydrogen-bond donors (Lipinski definition) is 2. The highest BCUT2D eigenvalue weighted by atomic mass is 35.5. The van der Waals surface area contributed by atoms with Crippen LogP contribution in [0.2, 0.25) is 5.02 Å². The second kappa shape index (κ2) is 9.86. The smallest absolute Gasteiger partial charge is 0.257 e. The van der Waals surface area contributed by atoms with Crippen LogP contribution in [0.1, 0.15) is 33.6 Å². The zero-order chi connectivity index (χ0) is 18.2. The van der Waals surface area contributed by atoms with E-state index in [0.717, 1.165) is 12.8 Å². The first-order valence-corrected chi connectivity index (χ1v) is 9.81. The van der Waals surface area contributed by atoms with E-state index in [1.165, 1.54) is 18.2 Å². The average Bonchev–Trinajstić information content (AvgIpc) is 2.52. The van der Waals surface area contributed by atoms with Crippen molar-refractivity contribution in [3.63, 3.8) is 0 Å². The average molecular weight is 377 g/mol. The van der Waals surface area contributed by atoms with Crippen LogP contribution in [0.5, 0.6) is 5.75 Å². The number of amides is 1. The zero-order valence-electron chi connectivity index (χ0n) is 14.3. The quantitative estimate of drug-likeness (QED) is 0.614. The number of rotatable bonds is 10. The number of carbonyl (C=O) groups excluding carboxylic acids is 1. The van der Waals surface area contributed by atoms with E-state index in [2.05, 4.69) is 10.0 Å². The Morgan fingerprint density at radius 2 is 2.04 bits per heavy atom. The topological polar surface area (TPSA) is 84.5 Å². The van der Waals surface area contributed by atoms with Gasteiger partial charge in [-0.15, -0.1) is 0 Å². The Morgan fingerprint density at radius 1 is 1.33 bits per heavy atom. The molecule has 6 nitrogen and oxygen atoms in total. The van der Waals surface area contributed by atoms with E-state index in [-0.39, 0.29) is 34.1 Å². The lowest BCUT2D eigenvalue weighted by atomic mass is 10.2. The summed E-state index contributed by atoms with van der Waals surface area (Å²) in [6.45, 7) is 6.65. The molecule has 24 heavy (non-hydrogen) atoms. The predicted molar refractivity (Wildman–Crippen MR) is 94.9 cm³/mol. The number of nitrogens with one attached hydrogen (secondary N) is 2. The Balaban J connectivity index is 2.66. The molecular weight excluding hydrogens is 352 g/mol. The maximum atomic E-state index is 12.1. The van der Waals surface area contributed by atoms with E-state index in [1.54, 1.807) is 0 Å². The van der Waals surface area contributed by atoms with Gasteiger partial charge in [-0.05, 0) is 30.5 Å². The van der Waals surface area contributed by atoms with Gasteiger partial charge in [0.2, 0.25) is 10.0 Å². The molecule has 0 spiro atoms. The summed E-state index contributed by atoms with van der Waals surface area (Å²) in [6.07, 6.45) is 1.90. The summed E-state index contributed by atoms with van der Waals surface area (Å²) >= 11 is 6.06. The Hall–Kier alpha value is -1.31. The van der Waals surface area contributed by atoms with Crippen LogP contribution in [0.25, 0.3) is 0 Å². The van der Waals surface area contributed by atoms with Crippen LogP contribution in [0.3, 0.4) is 0 Å². The van der Waals surface area contributed by atoms with Crippen LogP contribution >= 0.6 is 11.6 Å². The second-order valence-corrected chi connectivity index (χ2v) is 8.00. The van der Waals surface area contributed by atoms with Crippen LogP contribution in [0.4, 0.5) is 0 Å². The first kappa shape index (κ1) is 20.7. The summed E-state index contributed by atoms with van der Waals surface area (Å²) in [5.41, 5.74) is 0. The van der Waals surface area contributed by atoms with Gasteiger partial charge < -0.3 is 10.1 Å². The number of carbonyl (C=O) groups is 1. The summed E-state index contributed by atoms with van der Waals surface area (Å²) in [7, 11) is -3.61. The van der Waals surface area contributed by atoms with Crippen LogP contribution in [-0.2, 0) is 14.8 Å². The monoisotopic (exact) mass is 376 g/mol. The Labute approximate surface area is 149 Å². The van der Waals surface area contributed by atoms with Gasteiger partial charge in [-0.25, -0.2) is 13.1 Å². The molecule has 1 aromatic rings. The van der Waals surface area contributed by atoms with Crippen molar-refractivity contribution in [1.29, 1.82) is 0 Å². The van der Waals surface area contributed by atoms with Gasteiger partial charge in [0.05, 0.1) is 9.92 Å².